The van der Waals surface area contributed by atoms with Crippen molar-refractivity contribution in [2.45, 2.75) is 27.7 Å². The first-order valence-corrected chi connectivity index (χ1v) is 8.39. The molecular weight excluding hydrogens is 268 g/mol. The van der Waals surface area contributed by atoms with Crippen LogP contribution in [0.4, 0.5) is 5.69 Å². The third kappa shape index (κ3) is 5.97. The van der Waals surface area contributed by atoms with Crippen LogP contribution in [0.2, 0.25) is 0 Å². The molecule has 20 heavy (non-hydrogen) atoms. The summed E-state index contributed by atoms with van der Waals surface area (Å²) in [5.74, 6) is 1.61. The second kappa shape index (κ2) is 9.03. The fourth-order valence-electron chi connectivity index (χ4n) is 1.91. The number of carbonyl (C=O) groups is 1. The highest BCUT2D eigenvalue weighted by molar-refractivity contribution is 7.99. The minimum atomic E-state index is 0.0813. The van der Waals surface area contributed by atoms with E-state index in [1.54, 1.807) is 11.8 Å². The maximum atomic E-state index is 11.8. The molecule has 0 aliphatic heterocycles. The van der Waals surface area contributed by atoms with Gasteiger partial charge in [-0.25, -0.2) is 0 Å². The fraction of sp³-hybridized carbons (Fsp3) is 0.562. The van der Waals surface area contributed by atoms with Gasteiger partial charge in [0.25, 0.3) is 0 Å². The Morgan fingerprint density at radius 3 is 2.50 bits per heavy atom. The van der Waals surface area contributed by atoms with E-state index in [9.17, 15) is 4.79 Å². The summed E-state index contributed by atoms with van der Waals surface area (Å²) < 4.78 is 0. The molecule has 0 aliphatic carbocycles. The van der Waals surface area contributed by atoms with Crippen molar-refractivity contribution < 1.29 is 4.79 Å². The predicted molar refractivity (Wildman–Crippen MR) is 89.7 cm³/mol. The molecule has 112 valence electrons. The molecule has 0 fully saturated rings. The van der Waals surface area contributed by atoms with E-state index in [0.717, 1.165) is 31.1 Å². The van der Waals surface area contributed by atoms with Gasteiger partial charge in [0.05, 0.1) is 5.75 Å². The first-order chi connectivity index (χ1) is 9.56. The Hall–Kier alpha value is -1.00. The molecule has 1 N–H and O–H groups in total. The lowest BCUT2D eigenvalue weighted by Gasteiger charge is -2.17. The van der Waals surface area contributed by atoms with Gasteiger partial charge in [-0.1, -0.05) is 19.9 Å². The summed E-state index contributed by atoms with van der Waals surface area (Å²) in [5.41, 5.74) is 3.34. The molecule has 0 saturated heterocycles. The van der Waals surface area contributed by atoms with Crippen LogP contribution in [-0.4, -0.2) is 41.9 Å². The summed E-state index contributed by atoms with van der Waals surface area (Å²) in [4.78, 5) is 14.2. The number of rotatable bonds is 8. The summed E-state index contributed by atoms with van der Waals surface area (Å²) in [6.07, 6.45) is 0. The van der Waals surface area contributed by atoms with E-state index in [-0.39, 0.29) is 5.91 Å². The van der Waals surface area contributed by atoms with Gasteiger partial charge in [0.15, 0.2) is 0 Å². The van der Waals surface area contributed by atoms with Gasteiger partial charge >= 0.3 is 0 Å². The Morgan fingerprint density at radius 1 is 1.20 bits per heavy atom. The quantitative estimate of drug-likeness (QED) is 0.747. The standard InChI is InChI=1S/C16H26N2OS/c1-5-18(6-2)9-10-20-12-16(19)17-15-8-7-13(3)14(4)11-15/h7-8,11H,5-6,9-10,12H2,1-4H3,(H,17,19). The summed E-state index contributed by atoms with van der Waals surface area (Å²) >= 11 is 1.69. The Bertz CT molecular complexity index is 430. The van der Waals surface area contributed by atoms with Crippen molar-refractivity contribution in [1.29, 1.82) is 0 Å². The number of amides is 1. The molecule has 0 unspecified atom stereocenters. The first-order valence-electron chi connectivity index (χ1n) is 7.24. The molecule has 3 nitrogen and oxygen atoms in total. The van der Waals surface area contributed by atoms with Crippen LogP contribution in [0.15, 0.2) is 18.2 Å². The molecule has 0 spiro atoms. The predicted octanol–water partition coefficient (Wildman–Crippen LogP) is 3.32. The molecule has 0 bridgehead atoms. The third-order valence-corrected chi connectivity index (χ3v) is 4.41. The molecule has 0 saturated carbocycles. The zero-order valence-corrected chi connectivity index (χ0v) is 13.8. The SMILES string of the molecule is CCN(CC)CCSCC(=O)Nc1ccc(C)c(C)c1. The van der Waals surface area contributed by atoms with Crippen molar-refractivity contribution in [2.75, 3.05) is 36.5 Å². The maximum absolute atomic E-state index is 11.8. The van der Waals surface area contributed by atoms with E-state index in [0.29, 0.717) is 5.75 Å². The second-order valence-electron chi connectivity index (χ2n) is 4.93. The minimum absolute atomic E-state index is 0.0813. The molecule has 1 aromatic carbocycles. The van der Waals surface area contributed by atoms with Gasteiger partial charge in [0.2, 0.25) is 5.91 Å². The van der Waals surface area contributed by atoms with Crippen molar-refractivity contribution in [3.63, 3.8) is 0 Å². The van der Waals surface area contributed by atoms with E-state index in [4.69, 9.17) is 0 Å². The zero-order valence-electron chi connectivity index (χ0n) is 13.0. The molecule has 0 aromatic heterocycles. The maximum Gasteiger partial charge on any atom is 0.234 e. The molecular formula is C16H26N2OS. The number of benzene rings is 1. The van der Waals surface area contributed by atoms with Gasteiger partial charge in [-0.2, -0.15) is 11.8 Å². The molecule has 0 atom stereocenters. The topological polar surface area (TPSA) is 32.3 Å². The van der Waals surface area contributed by atoms with Crippen molar-refractivity contribution in [3.05, 3.63) is 29.3 Å². The Labute approximate surface area is 127 Å². The van der Waals surface area contributed by atoms with Crippen LogP contribution in [0, 0.1) is 13.8 Å². The molecule has 1 rings (SSSR count). The Balaban J connectivity index is 2.28. The van der Waals surface area contributed by atoms with Gasteiger partial charge in [0.1, 0.15) is 0 Å². The van der Waals surface area contributed by atoms with Crippen LogP contribution in [0.3, 0.4) is 0 Å². The monoisotopic (exact) mass is 294 g/mol. The van der Waals surface area contributed by atoms with E-state index < -0.39 is 0 Å². The molecule has 4 heteroatoms. The van der Waals surface area contributed by atoms with Gasteiger partial charge in [-0.05, 0) is 50.2 Å². The molecule has 0 heterocycles. The molecule has 1 amide bonds. The van der Waals surface area contributed by atoms with E-state index in [2.05, 4.69) is 37.9 Å². The van der Waals surface area contributed by atoms with Gasteiger partial charge < -0.3 is 10.2 Å². The summed E-state index contributed by atoms with van der Waals surface area (Å²) in [6.45, 7) is 11.7. The second-order valence-corrected chi connectivity index (χ2v) is 6.03. The fourth-order valence-corrected chi connectivity index (χ4v) is 2.70. The number of nitrogens with one attached hydrogen (secondary N) is 1. The molecule has 0 aliphatic rings. The van der Waals surface area contributed by atoms with Crippen LogP contribution in [0.25, 0.3) is 0 Å². The number of nitrogens with zero attached hydrogens (tertiary/aromatic N) is 1. The number of thioether (sulfide) groups is 1. The minimum Gasteiger partial charge on any atom is -0.325 e. The van der Waals surface area contributed by atoms with Crippen molar-refractivity contribution in [3.8, 4) is 0 Å². The lowest BCUT2D eigenvalue weighted by molar-refractivity contribution is -0.113. The zero-order chi connectivity index (χ0) is 15.0. The molecule has 0 radical (unpaired) electrons. The van der Waals surface area contributed by atoms with Gasteiger partial charge in [-0.15, -0.1) is 0 Å². The van der Waals surface area contributed by atoms with Gasteiger partial charge in [-0.3, -0.25) is 4.79 Å². The molecule has 1 aromatic rings. The highest BCUT2D eigenvalue weighted by Gasteiger charge is 2.04. The normalized spacial score (nSPS) is 10.8. The third-order valence-electron chi connectivity index (χ3n) is 3.47. The van der Waals surface area contributed by atoms with Crippen LogP contribution in [-0.2, 0) is 4.79 Å². The number of carbonyl (C=O) groups excluding carboxylic acids is 1. The largest absolute Gasteiger partial charge is 0.325 e. The van der Waals surface area contributed by atoms with Crippen LogP contribution >= 0.6 is 11.8 Å². The smallest absolute Gasteiger partial charge is 0.234 e. The summed E-state index contributed by atoms with van der Waals surface area (Å²) in [7, 11) is 0. The highest BCUT2D eigenvalue weighted by atomic mass is 32.2. The Kier molecular flexibility index (Phi) is 7.70. The lowest BCUT2D eigenvalue weighted by Crippen LogP contribution is -2.26. The first kappa shape index (κ1) is 17.1. The lowest BCUT2D eigenvalue weighted by atomic mass is 10.1. The number of anilines is 1. The summed E-state index contributed by atoms with van der Waals surface area (Å²) in [6, 6.07) is 6.02. The van der Waals surface area contributed by atoms with E-state index in [1.807, 2.05) is 18.2 Å². The highest BCUT2D eigenvalue weighted by Crippen LogP contribution is 2.14. The van der Waals surface area contributed by atoms with E-state index in [1.165, 1.54) is 11.1 Å². The van der Waals surface area contributed by atoms with Crippen molar-refractivity contribution in [1.82, 2.24) is 4.90 Å². The average molecular weight is 294 g/mol. The average Bonchev–Trinajstić information content (AvgIpc) is 2.43. The van der Waals surface area contributed by atoms with Crippen LogP contribution in [0.5, 0.6) is 0 Å². The van der Waals surface area contributed by atoms with Crippen molar-refractivity contribution in [2.24, 2.45) is 0 Å². The van der Waals surface area contributed by atoms with E-state index >= 15 is 0 Å². The van der Waals surface area contributed by atoms with Gasteiger partial charge in [0, 0.05) is 18.0 Å². The number of hydrogen-bond donors (Lipinski definition) is 1. The van der Waals surface area contributed by atoms with Crippen LogP contribution in [0.1, 0.15) is 25.0 Å². The summed E-state index contributed by atoms with van der Waals surface area (Å²) in [5, 5.41) is 2.95. The van der Waals surface area contributed by atoms with Crippen molar-refractivity contribution >= 4 is 23.4 Å². The number of hydrogen-bond acceptors (Lipinski definition) is 3. The van der Waals surface area contributed by atoms with Crippen LogP contribution < -0.4 is 5.32 Å². The Morgan fingerprint density at radius 2 is 1.90 bits per heavy atom. The number of aryl methyl sites for hydroxylation is 2.